The first-order valence-corrected chi connectivity index (χ1v) is 5.70. The molecule has 1 rings (SSSR count). The third-order valence-electron chi connectivity index (χ3n) is 1.52. The Morgan fingerprint density at radius 1 is 1.33 bits per heavy atom. The zero-order valence-electron chi connectivity index (χ0n) is 7.77. The minimum Gasteiger partial charge on any atom is -0.493 e. The van der Waals surface area contributed by atoms with Crippen LogP contribution >= 0.6 is 31.9 Å². The van der Waals surface area contributed by atoms with E-state index in [1.54, 1.807) is 12.1 Å². The third kappa shape index (κ3) is 3.31. The van der Waals surface area contributed by atoms with Gasteiger partial charge < -0.3 is 9.47 Å². The third-order valence-corrected chi connectivity index (χ3v) is 2.90. The van der Waals surface area contributed by atoms with E-state index in [4.69, 9.17) is 4.74 Å². The van der Waals surface area contributed by atoms with Crippen LogP contribution in [0.1, 0.15) is 6.92 Å². The summed E-state index contributed by atoms with van der Waals surface area (Å²) in [6.07, 6.45) is 0. The molecule has 0 radical (unpaired) electrons. The zero-order valence-corrected chi connectivity index (χ0v) is 10.9. The average molecular weight is 346 g/mol. The molecule has 0 spiro atoms. The van der Waals surface area contributed by atoms with Gasteiger partial charge in [0.15, 0.2) is 5.75 Å². The number of alkyl halides is 2. The van der Waals surface area contributed by atoms with Crippen LogP contribution in [0.4, 0.5) is 8.78 Å². The van der Waals surface area contributed by atoms with Crippen LogP contribution in [0, 0.1) is 0 Å². The van der Waals surface area contributed by atoms with Crippen molar-refractivity contribution in [3.8, 4) is 11.5 Å². The Bertz CT molecular complexity index is 345. The lowest BCUT2D eigenvalue weighted by Gasteiger charge is -2.12. The van der Waals surface area contributed by atoms with Gasteiger partial charge in [0, 0.05) is 0 Å². The summed E-state index contributed by atoms with van der Waals surface area (Å²) >= 11 is 6.27. The molecule has 1 aromatic carbocycles. The number of halogens is 4. The van der Waals surface area contributed by atoms with Crippen molar-refractivity contribution in [3.63, 3.8) is 0 Å². The number of rotatable bonds is 4. The Morgan fingerprint density at radius 3 is 2.53 bits per heavy atom. The predicted octanol–water partition coefficient (Wildman–Crippen LogP) is 4.21. The highest BCUT2D eigenvalue weighted by molar-refractivity contribution is 9.11. The van der Waals surface area contributed by atoms with Gasteiger partial charge in [0.25, 0.3) is 0 Å². The van der Waals surface area contributed by atoms with Crippen molar-refractivity contribution in [3.05, 3.63) is 21.1 Å². The van der Waals surface area contributed by atoms with E-state index in [1.807, 2.05) is 6.92 Å². The summed E-state index contributed by atoms with van der Waals surface area (Å²) in [4.78, 5) is 0. The molecule has 0 N–H and O–H groups in total. The molecular weight excluding hydrogens is 338 g/mol. The van der Waals surface area contributed by atoms with E-state index in [0.717, 1.165) is 0 Å². The monoisotopic (exact) mass is 344 g/mol. The molecule has 0 aromatic heterocycles. The highest BCUT2D eigenvalue weighted by Gasteiger charge is 2.15. The van der Waals surface area contributed by atoms with Gasteiger partial charge in [0.1, 0.15) is 10.2 Å². The second kappa shape index (κ2) is 5.65. The Morgan fingerprint density at radius 2 is 2.00 bits per heavy atom. The van der Waals surface area contributed by atoms with Gasteiger partial charge in [-0.05, 0) is 50.9 Å². The van der Waals surface area contributed by atoms with Crippen LogP contribution in [0.2, 0.25) is 0 Å². The minimum atomic E-state index is -2.87. The molecule has 0 amide bonds. The Labute approximate surface area is 103 Å². The zero-order chi connectivity index (χ0) is 11.4. The van der Waals surface area contributed by atoms with Crippen LogP contribution in [0.3, 0.4) is 0 Å². The van der Waals surface area contributed by atoms with Crippen molar-refractivity contribution in [2.75, 3.05) is 6.61 Å². The van der Waals surface area contributed by atoms with Crippen molar-refractivity contribution >= 4 is 31.9 Å². The number of hydrogen-bond acceptors (Lipinski definition) is 2. The van der Waals surface area contributed by atoms with Gasteiger partial charge in [0.05, 0.1) is 11.1 Å². The maximum Gasteiger partial charge on any atom is 0.387 e. The molecule has 0 heterocycles. The van der Waals surface area contributed by atoms with E-state index < -0.39 is 6.61 Å². The summed E-state index contributed by atoms with van der Waals surface area (Å²) in [5.41, 5.74) is 0. The van der Waals surface area contributed by atoms with Crippen LogP contribution in [0.25, 0.3) is 0 Å². The lowest BCUT2D eigenvalue weighted by atomic mass is 10.3. The fourth-order valence-electron chi connectivity index (χ4n) is 0.979. The molecule has 0 aliphatic rings. The van der Waals surface area contributed by atoms with Crippen LogP contribution in [-0.4, -0.2) is 13.2 Å². The topological polar surface area (TPSA) is 18.5 Å². The van der Waals surface area contributed by atoms with E-state index in [2.05, 4.69) is 36.6 Å². The summed E-state index contributed by atoms with van der Waals surface area (Å²) in [5, 5.41) is 0. The van der Waals surface area contributed by atoms with Gasteiger partial charge >= 0.3 is 6.61 Å². The molecule has 6 heteroatoms. The number of hydrogen-bond donors (Lipinski definition) is 0. The molecule has 84 valence electrons. The molecule has 0 saturated heterocycles. The van der Waals surface area contributed by atoms with Gasteiger partial charge in [-0.1, -0.05) is 0 Å². The highest BCUT2D eigenvalue weighted by Crippen LogP contribution is 2.40. The van der Waals surface area contributed by atoms with Gasteiger partial charge in [-0.3, -0.25) is 0 Å². The second-order valence-corrected chi connectivity index (χ2v) is 4.15. The fourth-order valence-corrected chi connectivity index (χ4v) is 2.22. The normalized spacial score (nSPS) is 10.5. The van der Waals surface area contributed by atoms with E-state index in [-0.39, 0.29) is 5.75 Å². The fraction of sp³-hybridized carbons (Fsp3) is 0.333. The smallest absolute Gasteiger partial charge is 0.387 e. The van der Waals surface area contributed by atoms with Crippen LogP contribution in [-0.2, 0) is 0 Å². The molecule has 0 aliphatic heterocycles. The Kier molecular flexibility index (Phi) is 4.79. The molecule has 0 bridgehead atoms. The molecule has 2 nitrogen and oxygen atoms in total. The summed E-state index contributed by atoms with van der Waals surface area (Å²) in [6, 6.07) is 3.25. The van der Waals surface area contributed by atoms with Crippen molar-refractivity contribution < 1.29 is 18.3 Å². The molecule has 0 aliphatic carbocycles. The Hall–Kier alpha value is -0.360. The summed E-state index contributed by atoms with van der Waals surface area (Å²) in [5.74, 6) is 0.507. The quantitative estimate of drug-likeness (QED) is 0.813. The van der Waals surface area contributed by atoms with E-state index in [0.29, 0.717) is 21.3 Å². The summed E-state index contributed by atoms with van der Waals surface area (Å²) in [6.45, 7) is -0.606. The molecule has 15 heavy (non-hydrogen) atoms. The lowest BCUT2D eigenvalue weighted by Crippen LogP contribution is -2.04. The molecule has 0 fully saturated rings. The predicted molar refractivity (Wildman–Crippen MR) is 59.6 cm³/mol. The van der Waals surface area contributed by atoms with Crippen molar-refractivity contribution in [2.45, 2.75) is 13.5 Å². The number of benzene rings is 1. The first-order chi connectivity index (χ1) is 7.06. The van der Waals surface area contributed by atoms with Crippen molar-refractivity contribution in [1.82, 2.24) is 0 Å². The molecular formula is C9H8Br2F2O2. The largest absolute Gasteiger partial charge is 0.493 e. The SMILES string of the molecule is CCOc1ccc(Br)c(OC(F)F)c1Br. The van der Waals surface area contributed by atoms with Crippen molar-refractivity contribution in [2.24, 2.45) is 0 Å². The summed E-state index contributed by atoms with van der Waals surface area (Å²) in [7, 11) is 0. The van der Waals surface area contributed by atoms with Crippen LogP contribution < -0.4 is 9.47 Å². The molecule has 0 atom stereocenters. The Balaban J connectivity index is 3.06. The highest BCUT2D eigenvalue weighted by atomic mass is 79.9. The van der Waals surface area contributed by atoms with Gasteiger partial charge in [-0.25, -0.2) is 0 Å². The molecule has 1 aromatic rings. The summed E-state index contributed by atoms with van der Waals surface area (Å²) < 4.78 is 34.6. The lowest BCUT2D eigenvalue weighted by molar-refractivity contribution is -0.0509. The first-order valence-electron chi connectivity index (χ1n) is 4.11. The maximum absolute atomic E-state index is 12.1. The first kappa shape index (κ1) is 12.7. The second-order valence-electron chi connectivity index (χ2n) is 2.50. The van der Waals surface area contributed by atoms with E-state index in [9.17, 15) is 8.78 Å². The van der Waals surface area contributed by atoms with Gasteiger partial charge in [-0.2, -0.15) is 8.78 Å². The standard InChI is InChI=1S/C9H8Br2F2O2/c1-2-14-6-4-3-5(10)8(7(6)11)15-9(12)13/h3-4,9H,2H2,1H3. The number of ether oxygens (including phenoxy) is 2. The molecule has 0 saturated carbocycles. The van der Waals surface area contributed by atoms with Crippen LogP contribution in [0.15, 0.2) is 21.1 Å². The maximum atomic E-state index is 12.1. The van der Waals surface area contributed by atoms with Gasteiger partial charge in [-0.15, -0.1) is 0 Å². The van der Waals surface area contributed by atoms with E-state index in [1.165, 1.54) is 0 Å². The van der Waals surface area contributed by atoms with Gasteiger partial charge in [0.2, 0.25) is 0 Å². The van der Waals surface area contributed by atoms with E-state index >= 15 is 0 Å². The van der Waals surface area contributed by atoms with Crippen molar-refractivity contribution in [1.29, 1.82) is 0 Å². The minimum absolute atomic E-state index is 0.0379. The molecule has 0 unspecified atom stereocenters. The van der Waals surface area contributed by atoms with Crippen LogP contribution in [0.5, 0.6) is 11.5 Å². The average Bonchev–Trinajstić information content (AvgIpc) is 2.17.